The molecule has 2 amide bonds. The van der Waals surface area contributed by atoms with Crippen LogP contribution in [0, 0.1) is 11.3 Å². The highest BCUT2D eigenvalue weighted by molar-refractivity contribution is 6.33. The predicted octanol–water partition coefficient (Wildman–Crippen LogP) is 6.20. The fourth-order valence-electron chi connectivity index (χ4n) is 5.54. The van der Waals surface area contributed by atoms with Gasteiger partial charge in [0.1, 0.15) is 23.1 Å². The van der Waals surface area contributed by atoms with Crippen LogP contribution in [0.15, 0.2) is 24.3 Å². The molecule has 17 heteroatoms. The lowest BCUT2D eigenvalue weighted by atomic mass is 9.85. The average Bonchev–Trinajstić information content (AvgIpc) is 3.78. The molecule has 3 N–H and O–H groups in total. The Labute approximate surface area is 270 Å². The summed E-state index contributed by atoms with van der Waals surface area (Å²) in [5.74, 6) is -2.81. The Morgan fingerprint density at radius 3 is 2.36 bits per heavy atom. The van der Waals surface area contributed by atoms with Gasteiger partial charge in [0.2, 0.25) is 17.7 Å². The Bertz CT molecular complexity index is 1630. The molecule has 2 aromatic heterocycles. The molecule has 5 rings (SSSR count). The molecule has 0 atom stereocenters. The van der Waals surface area contributed by atoms with Gasteiger partial charge in [-0.05, 0) is 62.3 Å². The summed E-state index contributed by atoms with van der Waals surface area (Å²) in [7, 11) is 3.12. The van der Waals surface area contributed by atoms with Crippen molar-refractivity contribution in [3.05, 3.63) is 40.4 Å². The van der Waals surface area contributed by atoms with Gasteiger partial charge in [-0.1, -0.05) is 17.7 Å². The monoisotopic (exact) mass is 690 g/mol. The molecule has 0 unspecified atom stereocenters. The van der Waals surface area contributed by atoms with Crippen LogP contribution in [0.2, 0.25) is 5.02 Å². The third-order valence-electron chi connectivity index (χ3n) is 8.56. The minimum absolute atomic E-state index is 0.0198. The standard InChI is InChI=1S/C30H33ClF6N6O4/c1-43-23-22(14-19(25(42-23)47-12-11-46-2)24(44)39-18-6-4-17(5-7-18)29(32,33)34)41-27(43)40-21-13-16(3-8-20(21)31)15-38-26(45)28(9-10-28)30(35,36)37/h3,8,13-14,17-18H,4-7,9-12,15H2,1-2H3,(H,38,45)(H,39,44)(H,40,41)/t17-,18-. The van der Waals surface area contributed by atoms with Crippen molar-refractivity contribution in [1.82, 2.24) is 25.2 Å². The Balaban J connectivity index is 1.34. The number of ether oxygens (including phenoxy) is 2. The number of halogens is 7. The van der Waals surface area contributed by atoms with Crippen molar-refractivity contribution < 1.29 is 45.4 Å². The van der Waals surface area contributed by atoms with Gasteiger partial charge in [-0.25, -0.2) is 4.98 Å². The number of nitrogens with zero attached hydrogens (tertiary/aromatic N) is 3. The number of nitrogens with one attached hydrogen (secondary N) is 3. The molecular weight excluding hydrogens is 658 g/mol. The lowest BCUT2D eigenvalue weighted by Crippen LogP contribution is -2.40. The second-order valence-electron chi connectivity index (χ2n) is 11.8. The summed E-state index contributed by atoms with van der Waals surface area (Å²) in [5, 5.41) is 8.49. The van der Waals surface area contributed by atoms with E-state index in [2.05, 4.69) is 25.9 Å². The van der Waals surface area contributed by atoms with Gasteiger partial charge in [0.15, 0.2) is 5.65 Å². The Kier molecular flexibility index (Phi) is 9.83. The minimum Gasteiger partial charge on any atom is -0.475 e. The number of hydrogen-bond acceptors (Lipinski definition) is 7. The van der Waals surface area contributed by atoms with Gasteiger partial charge in [0, 0.05) is 26.7 Å². The Morgan fingerprint density at radius 2 is 1.74 bits per heavy atom. The summed E-state index contributed by atoms with van der Waals surface area (Å²) in [6.45, 7) is 0.107. The molecule has 0 radical (unpaired) electrons. The molecule has 0 saturated heterocycles. The smallest absolute Gasteiger partial charge is 0.403 e. The van der Waals surface area contributed by atoms with Crippen molar-refractivity contribution in [3.63, 3.8) is 0 Å². The molecule has 0 bridgehead atoms. The molecule has 3 aromatic rings. The van der Waals surface area contributed by atoms with E-state index in [-0.39, 0.29) is 80.7 Å². The first-order chi connectivity index (χ1) is 22.1. The van der Waals surface area contributed by atoms with Crippen LogP contribution in [-0.2, 0) is 23.1 Å². The zero-order valence-electron chi connectivity index (χ0n) is 25.4. The maximum absolute atomic E-state index is 13.3. The number of anilines is 2. The van der Waals surface area contributed by atoms with Crippen molar-refractivity contribution in [2.45, 2.75) is 63.5 Å². The molecule has 256 valence electrons. The highest BCUT2D eigenvalue weighted by atomic mass is 35.5. The number of benzene rings is 1. The van der Waals surface area contributed by atoms with Gasteiger partial charge in [-0.3, -0.25) is 14.2 Å². The number of pyridine rings is 1. The van der Waals surface area contributed by atoms with E-state index in [4.69, 9.17) is 21.1 Å². The van der Waals surface area contributed by atoms with E-state index in [1.807, 2.05) is 0 Å². The third kappa shape index (κ3) is 7.53. The van der Waals surface area contributed by atoms with E-state index >= 15 is 0 Å². The van der Waals surface area contributed by atoms with E-state index in [9.17, 15) is 35.9 Å². The van der Waals surface area contributed by atoms with Crippen LogP contribution in [0.1, 0.15) is 54.4 Å². The van der Waals surface area contributed by atoms with Crippen LogP contribution in [0.25, 0.3) is 11.2 Å². The number of methoxy groups -OCH3 is 1. The molecule has 0 spiro atoms. The van der Waals surface area contributed by atoms with Crippen molar-refractivity contribution in [2.75, 3.05) is 25.6 Å². The molecule has 1 aromatic carbocycles. The molecule has 2 fully saturated rings. The fourth-order valence-corrected chi connectivity index (χ4v) is 5.71. The maximum Gasteiger partial charge on any atom is 0.403 e. The molecule has 47 heavy (non-hydrogen) atoms. The number of hydrogen-bond donors (Lipinski definition) is 3. The first-order valence-electron chi connectivity index (χ1n) is 14.9. The number of carbonyl (C=O) groups excluding carboxylic acids is 2. The highest BCUT2D eigenvalue weighted by Gasteiger charge is 2.68. The van der Waals surface area contributed by atoms with Gasteiger partial charge in [0.05, 0.1) is 23.2 Å². The average molecular weight is 691 g/mol. The van der Waals surface area contributed by atoms with Gasteiger partial charge >= 0.3 is 12.4 Å². The third-order valence-corrected chi connectivity index (χ3v) is 8.89. The maximum atomic E-state index is 13.3. The van der Waals surface area contributed by atoms with Crippen LogP contribution >= 0.6 is 11.6 Å². The summed E-state index contributed by atoms with van der Waals surface area (Å²) in [4.78, 5) is 34.7. The number of fused-ring (bicyclic) bond motifs is 1. The van der Waals surface area contributed by atoms with Crippen molar-refractivity contribution in [1.29, 1.82) is 0 Å². The number of alkyl halides is 6. The van der Waals surface area contributed by atoms with Gasteiger partial charge in [-0.2, -0.15) is 31.3 Å². The van der Waals surface area contributed by atoms with Crippen LogP contribution in [0.3, 0.4) is 0 Å². The Morgan fingerprint density at radius 1 is 1.04 bits per heavy atom. The number of rotatable bonds is 11. The zero-order valence-corrected chi connectivity index (χ0v) is 26.2. The SMILES string of the molecule is COCCOc1nc2c(cc1C(=O)N[C@H]1CC[C@H](C(F)(F)F)CC1)nc(Nc1cc(CNC(=O)C3(C(F)(F)F)CC3)ccc1Cl)n2C. The zero-order chi connectivity index (χ0) is 34.1. The number of aromatic nitrogens is 3. The first-order valence-corrected chi connectivity index (χ1v) is 15.3. The lowest BCUT2D eigenvalue weighted by molar-refractivity contribution is -0.192. The molecule has 2 aliphatic carbocycles. The first kappa shape index (κ1) is 34.5. The van der Waals surface area contributed by atoms with E-state index in [1.54, 1.807) is 23.7 Å². The van der Waals surface area contributed by atoms with E-state index in [1.165, 1.54) is 19.2 Å². The van der Waals surface area contributed by atoms with Gasteiger partial charge in [0.25, 0.3) is 5.91 Å². The van der Waals surface area contributed by atoms with Gasteiger partial charge in [-0.15, -0.1) is 0 Å². The van der Waals surface area contributed by atoms with Crippen LogP contribution < -0.4 is 20.7 Å². The summed E-state index contributed by atoms with van der Waals surface area (Å²) in [6.07, 6.45) is -9.20. The van der Waals surface area contributed by atoms with Crippen molar-refractivity contribution >= 4 is 46.2 Å². The number of amides is 2. The largest absolute Gasteiger partial charge is 0.475 e. The molecule has 0 aliphatic heterocycles. The molecule has 2 aliphatic rings. The summed E-state index contributed by atoms with van der Waals surface area (Å²) in [6, 6.07) is 5.67. The molecule has 2 saturated carbocycles. The number of aryl methyl sites for hydroxylation is 1. The molecule has 2 heterocycles. The number of carbonyl (C=O) groups is 2. The lowest BCUT2D eigenvalue weighted by Gasteiger charge is -2.30. The van der Waals surface area contributed by atoms with Crippen molar-refractivity contribution in [3.8, 4) is 5.88 Å². The summed E-state index contributed by atoms with van der Waals surface area (Å²) in [5.41, 5.74) is -0.853. The fraction of sp³-hybridized carbons (Fsp3) is 0.533. The highest BCUT2D eigenvalue weighted by Crippen LogP contribution is 2.57. The minimum atomic E-state index is -4.62. The molecular formula is C30H33ClF6N6O4. The molecule has 10 nitrogen and oxygen atoms in total. The van der Waals surface area contributed by atoms with E-state index in [0.29, 0.717) is 22.4 Å². The van der Waals surface area contributed by atoms with Gasteiger partial charge < -0.3 is 25.4 Å². The second-order valence-corrected chi connectivity index (χ2v) is 12.2. The quantitative estimate of drug-likeness (QED) is 0.162. The van der Waals surface area contributed by atoms with E-state index in [0.717, 1.165) is 0 Å². The van der Waals surface area contributed by atoms with Crippen LogP contribution in [0.5, 0.6) is 5.88 Å². The van der Waals surface area contributed by atoms with Crippen LogP contribution in [-0.4, -0.2) is 65.1 Å². The van der Waals surface area contributed by atoms with E-state index < -0.39 is 41.5 Å². The van der Waals surface area contributed by atoms with Crippen molar-refractivity contribution in [2.24, 2.45) is 18.4 Å². The second kappa shape index (κ2) is 13.4. The number of imidazole rings is 1. The summed E-state index contributed by atoms with van der Waals surface area (Å²) < 4.78 is 91.6. The Hall–Kier alpha value is -3.79. The normalized spacial score (nSPS) is 19.3. The summed E-state index contributed by atoms with van der Waals surface area (Å²) >= 11 is 6.39. The van der Waals surface area contributed by atoms with Crippen LogP contribution in [0.4, 0.5) is 38.0 Å². The topological polar surface area (TPSA) is 119 Å². The predicted molar refractivity (Wildman–Crippen MR) is 159 cm³/mol.